The van der Waals surface area contributed by atoms with Crippen molar-refractivity contribution in [1.29, 1.82) is 0 Å². The first-order valence-corrected chi connectivity index (χ1v) is 10.1. The number of quaternary nitrogens is 1. The third kappa shape index (κ3) is 2.61. The first-order chi connectivity index (χ1) is 13.9. The Bertz CT molecular complexity index is 1090. The van der Waals surface area contributed by atoms with E-state index < -0.39 is 17.9 Å². The molecular weight excluding hydrogens is 411 g/mol. The van der Waals surface area contributed by atoms with E-state index in [4.69, 9.17) is 23.2 Å². The molecule has 3 aliphatic heterocycles. The van der Waals surface area contributed by atoms with Crippen LogP contribution in [-0.2, 0) is 14.4 Å². The Hall–Kier alpha value is -2.47. The lowest BCUT2D eigenvalue weighted by molar-refractivity contribution is -0.884. The van der Waals surface area contributed by atoms with E-state index in [1.165, 1.54) is 6.92 Å². The number of benzene rings is 2. The van der Waals surface area contributed by atoms with Crippen molar-refractivity contribution in [1.82, 2.24) is 0 Å². The van der Waals surface area contributed by atoms with Crippen LogP contribution in [0.2, 0.25) is 10.0 Å². The molecule has 0 aromatic heterocycles. The molecule has 3 aliphatic rings. The molecular formula is C22H17Cl2N2O3+. The van der Waals surface area contributed by atoms with Crippen LogP contribution in [-0.4, -0.2) is 23.6 Å². The Labute approximate surface area is 177 Å². The minimum Gasteiger partial charge on any atom is -0.293 e. The van der Waals surface area contributed by atoms with Gasteiger partial charge in [0, 0.05) is 22.5 Å². The van der Waals surface area contributed by atoms with Crippen LogP contribution < -0.4 is 9.80 Å². The molecule has 0 bridgehead atoms. The van der Waals surface area contributed by atoms with Gasteiger partial charge in [-0.05, 0) is 29.8 Å². The molecule has 5 rings (SSSR count). The smallest absolute Gasteiger partial charge is 0.244 e. The molecule has 2 amide bonds. The van der Waals surface area contributed by atoms with E-state index in [1.54, 1.807) is 18.2 Å². The first kappa shape index (κ1) is 18.6. The lowest BCUT2D eigenvalue weighted by Crippen LogP contribution is -3.12. The Morgan fingerprint density at radius 3 is 2.34 bits per heavy atom. The van der Waals surface area contributed by atoms with E-state index in [2.05, 4.69) is 0 Å². The number of hydrogen-bond acceptors (Lipinski definition) is 3. The van der Waals surface area contributed by atoms with Crippen molar-refractivity contribution in [3.63, 3.8) is 0 Å². The summed E-state index contributed by atoms with van der Waals surface area (Å²) in [6, 6.07) is 11.6. The van der Waals surface area contributed by atoms with Gasteiger partial charge in [-0.2, -0.15) is 0 Å². The molecule has 1 unspecified atom stereocenters. The number of carbonyl (C=O) groups excluding carboxylic acids is 3. The van der Waals surface area contributed by atoms with Crippen LogP contribution in [0, 0.1) is 11.8 Å². The van der Waals surface area contributed by atoms with Gasteiger partial charge in [-0.25, -0.2) is 4.90 Å². The van der Waals surface area contributed by atoms with E-state index in [1.807, 2.05) is 36.5 Å². The lowest BCUT2D eigenvalue weighted by Gasteiger charge is -2.30. The largest absolute Gasteiger partial charge is 0.293 e. The minimum atomic E-state index is -0.714. The predicted molar refractivity (Wildman–Crippen MR) is 110 cm³/mol. The van der Waals surface area contributed by atoms with Gasteiger partial charge in [0.15, 0.2) is 11.8 Å². The molecule has 0 aliphatic carbocycles. The van der Waals surface area contributed by atoms with Gasteiger partial charge in [0.05, 0.1) is 11.9 Å². The molecule has 2 aromatic carbocycles. The van der Waals surface area contributed by atoms with Crippen LogP contribution in [0.15, 0.2) is 48.7 Å². The van der Waals surface area contributed by atoms with Gasteiger partial charge < -0.3 is 0 Å². The van der Waals surface area contributed by atoms with Crippen molar-refractivity contribution < 1.29 is 19.3 Å². The Kier molecular flexibility index (Phi) is 4.17. The number of anilines is 1. The average Bonchev–Trinajstić information content (AvgIpc) is 3.14. The summed E-state index contributed by atoms with van der Waals surface area (Å²) in [5.74, 6) is -2.11. The number of rotatable bonds is 2. The van der Waals surface area contributed by atoms with Crippen LogP contribution in [0.1, 0.15) is 24.1 Å². The Morgan fingerprint density at radius 1 is 1.00 bits per heavy atom. The SMILES string of the molecule is CC(=O)[C@@H]1[C@@H]2C(=O)N(c3cc(Cl)cc(Cl)c3)C(=O)[C@@H]2[C@H]2c3ccccc3C=C[NH+]12. The standard InChI is InChI=1S/C22H16Cl2N2O3/c1-11(27)19-17-18(20-16-5-3-2-4-12(16)6-7-25(19)20)22(29)26(21(17)28)15-9-13(23)8-14(24)10-15/h2-10,17-20H,1H3/p+1/t17-,18+,19-,20-/m1/s1. The number of imide groups is 1. The summed E-state index contributed by atoms with van der Waals surface area (Å²) >= 11 is 12.2. The van der Waals surface area contributed by atoms with Crippen LogP contribution >= 0.6 is 23.2 Å². The number of hydrogen-bond donors (Lipinski definition) is 1. The van der Waals surface area contributed by atoms with Crippen molar-refractivity contribution in [3.05, 3.63) is 69.8 Å². The highest BCUT2D eigenvalue weighted by Crippen LogP contribution is 2.45. The maximum Gasteiger partial charge on any atom is 0.244 e. The normalized spacial score (nSPS) is 29.6. The lowest BCUT2D eigenvalue weighted by atomic mass is 9.84. The highest BCUT2D eigenvalue weighted by atomic mass is 35.5. The van der Waals surface area contributed by atoms with E-state index in [0.717, 1.165) is 20.9 Å². The second-order valence-electron chi connectivity index (χ2n) is 7.72. The maximum absolute atomic E-state index is 13.5. The predicted octanol–water partition coefficient (Wildman–Crippen LogP) is 2.68. The number of carbonyl (C=O) groups is 3. The van der Waals surface area contributed by atoms with Crippen molar-refractivity contribution in [2.45, 2.75) is 19.0 Å². The second-order valence-corrected chi connectivity index (χ2v) is 8.59. The number of ketones is 1. The van der Waals surface area contributed by atoms with Crippen LogP contribution in [0.4, 0.5) is 5.69 Å². The van der Waals surface area contributed by atoms with Gasteiger partial charge in [-0.15, -0.1) is 0 Å². The summed E-state index contributed by atoms with van der Waals surface area (Å²) in [5, 5.41) is 0.679. The first-order valence-electron chi connectivity index (χ1n) is 9.36. The molecule has 146 valence electrons. The zero-order chi connectivity index (χ0) is 20.4. The second kappa shape index (κ2) is 6.52. The molecule has 7 heteroatoms. The number of nitrogens with one attached hydrogen (secondary N) is 1. The van der Waals surface area contributed by atoms with Gasteiger partial charge in [0.1, 0.15) is 17.9 Å². The summed E-state index contributed by atoms with van der Waals surface area (Å²) in [6.45, 7) is 1.49. The van der Waals surface area contributed by atoms with Crippen molar-refractivity contribution in [3.8, 4) is 0 Å². The quantitative estimate of drug-likeness (QED) is 0.749. The van der Waals surface area contributed by atoms with Gasteiger partial charge in [0.2, 0.25) is 11.8 Å². The maximum atomic E-state index is 13.5. The summed E-state index contributed by atoms with van der Waals surface area (Å²) in [7, 11) is 0. The molecule has 5 atom stereocenters. The fourth-order valence-electron chi connectivity index (χ4n) is 5.14. The van der Waals surface area contributed by atoms with Gasteiger partial charge in [-0.3, -0.25) is 19.3 Å². The number of nitrogens with zero attached hydrogens (tertiary/aromatic N) is 1. The molecule has 5 nitrogen and oxygen atoms in total. The average molecular weight is 428 g/mol. The number of halogens is 2. The third-order valence-electron chi connectivity index (χ3n) is 6.16. The van der Waals surface area contributed by atoms with Crippen molar-refractivity contribution >= 4 is 52.6 Å². The fraction of sp³-hybridized carbons (Fsp3) is 0.227. The van der Waals surface area contributed by atoms with E-state index in [0.29, 0.717) is 15.7 Å². The molecule has 2 aromatic rings. The van der Waals surface area contributed by atoms with Gasteiger partial charge in [0.25, 0.3) is 0 Å². The summed E-state index contributed by atoms with van der Waals surface area (Å²) < 4.78 is 0. The van der Waals surface area contributed by atoms with Crippen LogP contribution in [0.25, 0.3) is 6.08 Å². The minimum absolute atomic E-state index is 0.103. The Balaban J connectivity index is 1.66. The van der Waals surface area contributed by atoms with Crippen molar-refractivity contribution in [2.75, 3.05) is 4.90 Å². The van der Waals surface area contributed by atoms with Gasteiger partial charge in [-0.1, -0.05) is 47.5 Å². The molecule has 0 spiro atoms. The summed E-state index contributed by atoms with van der Waals surface area (Å²) in [4.78, 5) is 41.5. The third-order valence-corrected chi connectivity index (χ3v) is 6.60. The molecule has 2 fully saturated rings. The molecule has 29 heavy (non-hydrogen) atoms. The summed E-state index contributed by atoms with van der Waals surface area (Å²) in [5.41, 5.74) is 2.33. The monoisotopic (exact) mass is 427 g/mol. The fourth-order valence-corrected chi connectivity index (χ4v) is 5.66. The summed E-state index contributed by atoms with van der Waals surface area (Å²) in [6.07, 6.45) is 3.88. The zero-order valence-corrected chi connectivity index (χ0v) is 16.9. The van der Waals surface area contributed by atoms with Crippen molar-refractivity contribution in [2.24, 2.45) is 11.8 Å². The van der Waals surface area contributed by atoms with Gasteiger partial charge >= 0.3 is 0 Å². The topological polar surface area (TPSA) is 58.9 Å². The zero-order valence-electron chi connectivity index (χ0n) is 15.4. The number of Topliss-reactive ketones (excluding diaryl/α,β-unsaturated/α-hetero) is 1. The molecule has 0 saturated carbocycles. The molecule has 0 radical (unpaired) electrons. The van der Waals surface area contributed by atoms with E-state index in [9.17, 15) is 14.4 Å². The highest BCUT2D eigenvalue weighted by molar-refractivity contribution is 6.35. The highest BCUT2D eigenvalue weighted by Gasteiger charge is 2.67. The Morgan fingerprint density at radius 2 is 1.66 bits per heavy atom. The van der Waals surface area contributed by atoms with E-state index >= 15 is 0 Å². The van der Waals surface area contributed by atoms with E-state index in [-0.39, 0.29) is 23.6 Å². The molecule has 2 saturated heterocycles. The number of amides is 2. The van der Waals surface area contributed by atoms with Crippen LogP contribution in [0.5, 0.6) is 0 Å². The number of fused-ring (bicyclic) bond motifs is 5. The molecule has 3 heterocycles. The van der Waals surface area contributed by atoms with Crippen LogP contribution in [0.3, 0.4) is 0 Å². The molecule has 1 N–H and O–H groups in total.